The lowest BCUT2D eigenvalue weighted by atomic mass is 10.2. The number of benzene rings is 1. The summed E-state index contributed by atoms with van der Waals surface area (Å²) in [4.78, 5) is 0. The summed E-state index contributed by atoms with van der Waals surface area (Å²) in [6.07, 6.45) is 1.08. The van der Waals surface area contributed by atoms with Gasteiger partial charge in [0.05, 0.1) is 6.26 Å². The maximum absolute atomic E-state index is 10.9. The van der Waals surface area contributed by atoms with Crippen LogP contribution in [0, 0.1) is 11.8 Å². The molecular weight excluding hydrogens is 214 g/mol. The average Bonchev–Trinajstić information content (AvgIpc) is 2.12. The molecule has 0 aliphatic rings. The van der Waals surface area contributed by atoms with Crippen molar-refractivity contribution in [1.82, 2.24) is 0 Å². The van der Waals surface area contributed by atoms with Crippen molar-refractivity contribution in [3.8, 4) is 11.8 Å². The third-order valence-corrected chi connectivity index (χ3v) is 2.08. The molecule has 15 heavy (non-hydrogen) atoms. The molecular formula is C10H11NO3S. The lowest BCUT2D eigenvalue weighted by Crippen LogP contribution is -2.09. The van der Waals surface area contributed by atoms with Gasteiger partial charge in [0.25, 0.3) is 0 Å². The Bertz CT molecular complexity index is 497. The maximum atomic E-state index is 10.9. The van der Waals surface area contributed by atoms with Crippen LogP contribution < -0.4 is 4.72 Å². The molecule has 0 heterocycles. The Morgan fingerprint density at radius 2 is 2.20 bits per heavy atom. The van der Waals surface area contributed by atoms with Crippen LogP contribution in [0.1, 0.15) is 5.56 Å². The standard InChI is InChI=1S/C10H11NO3S/c1-15(13,14)11-10-6-2-4-9(8-10)5-3-7-12/h2,4,6,8,11-12H,7H2,1H3. The Morgan fingerprint density at radius 1 is 1.47 bits per heavy atom. The summed E-state index contributed by atoms with van der Waals surface area (Å²) in [5.74, 6) is 5.17. The number of nitrogens with one attached hydrogen (secondary N) is 1. The lowest BCUT2D eigenvalue weighted by Gasteiger charge is -2.03. The van der Waals surface area contributed by atoms with Crippen LogP contribution >= 0.6 is 0 Å². The van der Waals surface area contributed by atoms with Gasteiger partial charge >= 0.3 is 0 Å². The fourth-order valence-electron chi connectivity index (χ4n) is 1.02. The second kappa shape index (κ2) is 4.82. The summed E-state index contributed by atoms with van der Waals surface area (Å²) in [7, 11) is -3.26. The van der Waals surface area contributed by atoms with Crippen LogP contribution in [0.15, 0.2) is 24.3 Å². The van der Waals surface area contributed by atoms with Gasteiger partial charge in [0, 0.05) is 11.3 Å². The van der Waals surface area contributed by atoms with Gasteiger partial charge in [0.15, 0.2) is 0 Å². The summed E-state index contributed by atoms with van der Waals surface area (Å²) in [5, 5.41) is 8.50. The zero-order chi connectivity index (χ0) is 11.3. The summed E-state index contributed by atoms with van der Waals surface area (Å²) < 4.78 is 24.2. The second-order valence-electron chi connectivity index (χ2n) is 2.91. The Morgan fingerprint density at radius 3 is 2.80 bits per heavy atom. The van der Waals surface area contributed by atoms with Gasteiger partial charge < -0.3 is 5.11 Å². The van der Waals surface area contributed by atoms with Crippen LogP contribution in [0.2, 0.25) is 0 Å². The number of rotatable bonds is 2. The molecule has 0 atom stereocenters. The molecule has 2 N–H and O–H groups in total. The molecule has 1 aromatic carbocycles. The van der Waals surface area contributed by atoms with E-state index in [9.17, 15) is 8.42 Å². The molecule has 1 aromatic rings. The molecule has 0 aliphatic heterocycles. The highest BCUT2D eigenvalue weighted by molar-refractivity contribution is 7.92. The second-order valence-corrected chi connectivity index (χ2v) is 4.66. The summed E-state index contributed by atoms with van der Waals surface area (Å²) >= 11 is 0. The first-order chi connectivity index (χ1) is 7.01. The van der Waals surface area contributed by atoms with Crippen molar-refractivity contribution in [2.24, 2.45) is 0 Å². The molecule has 0 saturated heterocycles. The highest BCUT2D eigenvalue weighted by Crippen LogP contribution is 2.10. The first-order valence-electron chi connectivity index (χ1n) is 4.19. The number of aliphatic hydroxyl groups excluding tert-OH is 1. The lowest BCUT2D eigenvalue weighted by molar-refractivity contribution is 0.350. The SMILES string of the molecule is CS(=O)(=O)Nc1cccc(C#CCO)c1. The van der Waals surface area contributed by atoms with Crippen molar-refractivity contribution in [3.63, 3.8) is 0 Å². The monoisotopic (exact) mass is 225 g/mol. The molecule has 1 rings (SSSR count). The van der Waals surface area contributed by atoms with Crippen molar-refractivity contribution in [2.45, 2.75) is 0 Å². The molecule has 0 radical (unpaired) electrons. The molecule has 0 unspecified atom stereocenters. The first kappa shape index (κ1) is 11.6. The summed E-state index contributed by atoms with van der Waals surface area (Å²) in [5.41, 5.74) is 1.11. The van der Waals surface area contributed by atoms with E-state index in [1.54, 1.807) is 24.3 Å². The van der Waals surface area contributed by atoms with Crippen LogP contribution in [0.3, 0.4) is 0 Å². The minimum atomic E-state index is -3.26. The van der Waals surface area contributed by atoms with Crippen molar-refractivity contribution in [3.05, 3.63) is 29.8 Å². The van der Waals surface area contributed by atoms with Crippen molar-refractivity contribution >= 4 is 15.7 Å². The van der Waals surface area contributed by atoms with E-state index in [4.69, 9.17) is 5.11 Å². The Kier molecular flexibility index (Phi) is 3.72. The van der Waals surface area contributed by atoms with Crippen LogP contribution in [0.5, 0.6) is 0 Å². The van der Waals surface area contributed by atoms with E-state index in [1.165, 1.54) is 0 Å². The molecule has 0 aliphatic carbocycles. The van der Waals surface area contributed by atoms with Crippen molar-refractivity contribution in [1.29, 1.82) is 0 Å². The molecule has 0 bridgehead atoms. The smallest absolute Gasteiger partial charge is 0.229 e. The zero-order valence-corrected chi connectivity index (χ0v) is 9.00. The normalized spacial score (nSPS) is 10.3. The first-order valence-corrected chi connectivity index (χ1v) is 6.08. The zero-order valence-electron chi connectivity index (χ0n) is 8.19. The number of hydrogen-bond donors (Lipinski definition) is 2. The predicted octanol–water partition coefficient (Wildman–Crippen LogP) is 0.402. The molecule has 0 amide bonds. The van der Waals surface area contributed by atoms with Crippen molar-refractivity contribution < 1.29 is 13.5 Å². The summed E-state index contributed by atoms with van der Waals surface area (Å²) in [6, 6.07) is 6.65. The largest absolute Gasteiger partial charge is 0.384 e. The van der Waals surface area contributed by atoms with Gasteiger partial charge in [-0.25, -0.2) is 8.42 Å². The molecule has 4 nitrogen and oxygen atoms in total. The fraction of sp³-hybridized carbons (Fsp3) is 0.200. The Hall–Kier alpha value is -1.51. The quantitative estimate of drug-likeness (QED) is 0.716. The highest BCUT2D eigenvalue weighted by Gasteiger charge is 2.00. The minimum Gasteiger partial charge on any atom is -0.384 e. The van der Waals surface area contributed by atoms with Gasteiger partial charge in [-0.1, -0.05) is 17.9 Å². The molecule has 0 saturated carbocycles. The van der Waals surface area contributed by atoms with E-state index >= 15 is 0 Å². The van der Waals surface area contributed by atoms with Crippen LogP contribution in [0.4, 0.5) is 5.69 Å². The molecule has 0 spiro atoms. The van der Waals surface area contributed by atoms with E-state index < -0.39 is 10.0 Å². The number of aliphatic hydroxyl groups is 1. The topological polar surface area (TPSA) is 66.4 Å². The molecule has 0 aromatic heterocycles. The molecule has 80 valence electrons. The Labute approximate surface area is 89.0 Å². The van der Waals surface area contributed by atoms with Gasteiger partial charge in [-0.05, 0) is 18.2 Å². The minimum absolute atomic E-state index is 0.219. The van der Waals surface area contributed by atoms with E-state index in [0.29, 0.717) is 11.3 Å². The van der Waals surface area contributed by atoms with Crippen LogP contribution in [-0.2, 0) is 10.0 Å². The number of anilines is 1. The van der Waals surface area contributed by atoms with E-state index in [0.717, 1.165) is 6.26 Å². The van der Waals surface area contributed by atoms with Gasteiger partial charge in [-0.2, -0.15) is 0 Å². The van der Waals surface area contributed by atoms with Gasteiger partial charge in [-0.15, -0.1) is 0 Å². The van der Waals surface area contributed by atoms with E-state index in [2.05, 4.69) is 16.6 Å². The van der Waals surface area contributed by atoms with E-state index in [1.807, 2.05) is 0 Å². The molecule has 5 heteroatoms. The average molecular weight is 225 g/mol. The fourth-order valence-corrected chi connectivity index (χ4v) is 1.57. The highest BCUT2D eigenvalue weighted by atomic mass is 32.2. The van der Waals surface area contributed by atoms with Crippen LogP contribution in [0.25, 0.3) is 0 Å². The Balaban J connectivity index is 2.93. The van der Waals surface area contributed by atoms with E-state index in [-0.39, 0.29) is 6.61 Å². The predicted molar refractivity (Wildman–Crippen MR) is 58.9 cm³/mol. The maximum Gasteiger partial charge on any atom is 0.229 e. The third-order valence-electron chi connectivity index (χ3n) is 1.48. The summed E-state index contributed by atoms with van der Waals surface area (Å²) in [6.45, 7) is -0.219. The number of hydrogen-bond acceptors (Lipinski definition) is 3. The van der Waals surface area contributed by atoms with Gasteiger partial charge in [-0.3, -0.25) is 4.72 Å². The van der Waals surface area contributed by atoms with Gasteiger partial charge in [0.2, 0.25) is 10.0 Å². The van der Waals surface area contributed by atoms with Gasteiger partial charge in [0.1, 0.15) is 6.61 Å². The third kappa shape index (κ3) is 4.49. The van der Waals surface area contributed by atoms with Crippen LogP contribution in [-0.4, -0.2) is 26.4 Å². The molecule has 0 fully saturated rings. The number of sulfonamides is 1. The van der Waals surface area contributed by atoms with Crippen molar-refractivity contribution in [2.75, 3.05) is 17.6 Å².